The van der Waals surface area contributed by atoms with Gasteiger partial charge in [-0.25, -0.2) is 13.1 Å². The smallest absolute Gasteiger partial charge is 0.207 e. The van der Waals surface area contributed by atoms with Crippen molar-refractivity contribution >= 4 is 26.0 Å². The number of nitrogens with one attached hydrogen (secondary N) is 1. The lowest BCUT2D eigenvalue weighted by molar-refractivity contribution is 0.567. The highest BCUT2D eigenvalue weighted by Gasteiger charge is 2.18. The number of benzene rings is 2. The van der Waals surface area contributed by atoms with Crippen LogP contribution in [0.2, 0.25) is 0 Å². The van der Waals surface area contributed by atoms with E-state index >= 15 is 0 Å². The quantitative estimate of drug-likeness (QED) is 0.903. The third-order valence-corrected chi connectivity index (χ3v) is 5.08. The van der Waals surface area contributed by atoms with Crippen LogP contribution in [0.15, 0.2) is 57.9 Å². The maximum atomic E-state index is 12.3. The predicted octanol–water partition coefficient (Wildman–Crippen LogP) is 3.36. The molecule has 2 aromatic rings. The molecule has 0 aliphatic heterocycles. The number of nitrogens with zero attached hydrogens (tertiary/aromatic N) is 1. The van der Waals surface area contributed by atoms with E-state index in [4.69, 9.17) is 5.26 Å². The number of sulfonamides is 1. The van der Waals surface area contributed by atoms with Crippen LogP contribution in [-0.2, 0) is 10.0 Å². The summed E-state index contributed by atoms with van der Waals surface area (Å²) in [6.45, 7) is 1.78. The minimum absolute atomic E-state index is 0.144. The van der Waals surface area contributed by atoms with Crippen LogP contribution in [0.25, 0.3) is 0 Å². The van der Waals surface area contributed by atoms with Crippen molar-refractivity contribution in [2.24, 2.45) is 0 Å². The van der Waals surface area contributed by atoms with Crippen LogP contribution in [0.1, 0.15) is 24.1 Å². The number of rotatable bonds is 4. The first-order valence-corrected chi connectivity index (χ1v) is 8.48. The van der Waals surface area contributed by atoms with E-state index in [-0.39, 0.29) is 10.9 Å². The molecule has 0 radical (unpaired) electrons. The Morgan fingerprint density at radius 1 is 1.10 bits per heavy atom. The number of hydrogen-bond acceptors (Lipinski definition) is 3. The second kappa shape index (κ2) is 6.39. The fraction of sp³-hybridized carbons (Fsp3) is 0.133. The molecule has 21 heavy (non-hydrogen) atoms. The summed E-state index contributed by atoms with van der Waals surface area (Å²) in [5.41, 5.74) is 1.30. The molecule has 0 fully saturated rings. The van der Waals surface area contributed by atoms with Gasteiger partial charge in [-0.05, 0) is 48.9 Å². The Balaban J connectivity index is 2.20. The molecule has 2 aromatic carbocycles. The van der Waals surface area contributed by atoms with Crippen LogP contribution in [0.3, 0.4) is 0 Å². The second-order valence-corrected chi connectivity index (χ2v) is 7.16. The third-order valence-electron chi connectivity index (χ3n) is 3.00. The lowest BCUT2D eigenvalue weighted by Gasteiger charge is -2.14. The standard InChI is InChI=1S/C15H13BrN2O2S/c1-11(13-4-6-14(16)7-5-13)18-21(19,20)15-8-2-12(10-17)3-9-15/h2-9,11,18H,1H3/t11-/m1/s1. The minimum Gasteiger partial charge on any atom is -0.207 e. The summed E-state index contributed by atoms with van der Waals surface area (Å²) in [6.07, 6.45) is 0. The van der Waals surface area contributed by atoms with Crippen molar-refractivity contribution in [3.05, 3.63) is 64.1 Å². The van der Waals surface area contributed by atoms with Gasteiger partial charge in [-0.15, -0.1) is 0 Å². The zero-order chi connectivity index (χ0) is 15.5. The molecule has 0 amide bonds. The topological polar surface area (TPSA) is 70.0 Å². The van der Waals surface area contributed by atoms with E-state index in [1.807, 2.05) is 30.3 Å². The summed E-state index contributed by atoms with van der Waals surface area (Å²) in [7, 11) is -3.61. The second-order valence-electron chi connectivity index (χ2n) is 4.53. The van der Waals surface area contributed by atoms with Crippen molar-refractivity contribution in [3.63, 3.8) is 0 Å². The van der Waals surface area contributed by atoms with Crippen LogP contribution in [-0.4, -0.2) is 8.42 Å². The maximum absolute atomic E-state index is 12.3. The lowest BCUT2D eigenvalue weighted by atomic mass is 10.1. The molecular formula is C15H13BrN2O2S. The molecule has 0 bridgehead atoms. The van der Waals surface area contributed by atoms with Gasteiger partial charge in [0.05, 0.1) is 16.5 Å². The first-order chi connectivity index (χ1) is 9.92. The zero-order valence-electron chi connectivity index (χ0n) is 11.2. The van der Waals surface area contributed by atoms with Gasteiger partial charge in [0.1, 0.15) is 0 Å². The Morgan fingerprint density at radius 3 is 2.19 bits per heavy atom. The summed E-state index contributed by atoms with van der Waals surface area (Å²) in [5, 5.41) is 8.73. The molecule has 1 atom stereocenters. The highest BCUT2D eigenvalue weighted by atomic mass is 79.9. The average Bonchev–Trinajstić information content (AvgIpc) is 2.47. The minimum atomic E-state index is -3.61. The van der Waals surface area contributed by atoms with Crippen molar-refractivity contribution in [2.75, 3.05) is 0 Å². The van der Waals surface area contributed by atoms with Crippen LogP contribution in [0.4, 0.5) is 0 Å². The van der Waals surface area contributed by atoms with Gasteiger partial charge in [0.15, 0.2) is 0 Å². The molecule has 6 heteroatoms. The average molecular weight is 365 g/mol. The van der Waals surface area contributed by atoms with Crippen molar-refractivity contribution in [1.82, 2.24) is 4.72 Å². The fourth-order valence-corrected chi connectivity index (χ4v) is 3.33. The van der Waals surface area contributed by atoms with Crippen LogP contribution in [0.5, 0.6) is 0 Å². The molecule has 0 unspecified atom stereocenters. The molecule has 0 saturated heterocycles. The monoisotopic (exact) mass is 364 g/mol. The van der Waals surface area contributed by atoms with E-state index in [9.17, 15) is 8.42 Å². The predicted molar refractivity (Wildman–Crippen MR) is 84.0 cm³/mol. The molecule has 0 aliphatic rings. The molecule has 0 heterocycles. The van der Waals surface area contributed by atoms with Crippen molar-refractivity contribution in [2.45, 2.75) is 17.9 Å². The van der Waals surface area contributed by atoms with E-state index in [1.54, 1.807) is 6.92 Å². The number of halogens is 1. The lowest BCUT2D eigenvalue weighted by Crippen LogP contribution is -2.26. The molecule has 1 N–H and O–H groups in total. The Labute approximate surface area is 132 Å². The summed E-state index contributed by atoms with van der Waals surface area (Å²) >= 11 is 3.34. The van der Waals surface area contributed by atoms with Gasteiger partial charge in [-0.2, -0.15) is 5.26 Å². The van der Waals surface area contributed by atoms with E-state index < -0.39 is 10.0 Å². The van der Waals surface area contributed by atoms with E-state index in [0.29, 0.717) is 5.56 Å². The number of nitriles is 1. The summed E-state index contributed by atoms with van der Waals surface area (Å²) in [5.74, 6) is 0. The molecule has 0 aromatic heterocycles. The SMILES string of the molecule is C[C@@H](NS(=O)(=O)c1ccc(C#N)cc1)c1ccc(Br)cc1. The molecule has 2 rings (SSSR count). The van der Waals surface area contributed by atoms with Gasteiger partial charge in [-0.3, -0.25) is 0 Å². The van der Waals surface area contributed by atoms with Crippen molar-refractivity contribution in [3.8, 4) is 6.07 Å². The first kappa shape index (κ1) is 15.7. The molecule has 0 saturated carbocycles. The van der Waals surface area contributed by atoms with E-state index in [0.717, 1.165) is 10.0 Å². The highest BCUT2D eigenvalue weighted by Crippen LogP contribution is 2.19. The Bertz CT molecular complexity index is 763. The van der Waals surface area contributed by atoms with E-state index in [2.05, 4.69) is 20.7 Å². The van der Waals surface area contributed by atoms with Crippen molar-refractivity contribution in [1.29, 1.82) is 5.26 Å². The Morgan fingerprint density at radius 2 is 1.67 bits per heavy atom. The summed E-state index contributed by atoms with van der Waals surface area (Å²) in [4.78, 5) is 0.144. The largest absolute Gasteiger partial charge is 0.241 e. The van der Waals surface area contributed by atoms with Crippen LogP contribution < -0.4 is 4.72 Å². The van der Waals surface area contributed by atoms with Gasteiger partial charge in [0.2, 0.25) is 10.0 Å². The number of hydrogen-bond donors (Lipinski definition) is 1. The zero-order valence-corrected chi connectivity index (χ0v) is 13.6. The third kappa shape index (κ3) is 3.91. The van der Waals surface area contributed by atoms with Gasteiger partial charge < -0.3 is 0 Å². The summed E-state index contributed by atoms with van der Waals surface area (Å²) in [6, 6.07) is 14.9. The molecule has 108 valence electrons. The van der Waals surface area contributed by atoms with Crippen molar-refractivity contribution < 1.29 is 8.42 Å². The van der Waals surface area contributed by atoms with Crippen LogP contribution >= 0.6 is 15.9 Å². The van der Waals surface area contributed by atoms with Gasteiger partial charge in [0, 0.05) is 10.5 Å². The van der Waals surface area contributed by atoms with E-state index in [1.165, 1.54) is 24.3 Å². The first-order valence-electron chi connectivity index (χ1n) is 6.20. The normalized spacial score (nSPS) is 12.6. The van der Waals surface area contributed by atoms with Gasteiger partial charge in [0.25, 0.3) is 0 Å². The van der Waals surface area contributed by atoms with Gasteiger partial charge >= 0.3 is 0 Å². The fourth-order valence-electron chi connectivity index (χ4n) is 1.83. The summed E-state index contributed by atoms with van der Waals surface area (Å²) < 4.78 is 28.1. The maximum Gasteiger partial charge on any atom is 0.241 e. The van der Waals surface area contributed by atoms with Gasteiger partial charge in [-0.1, -0.05) is 28.1 Å². The molecular weight excluding hydrogens is 352 g/mol. The Hall–Kier alpha value is -1.68. The molecule has 0 aliphatic carbocycles. The van der Waals surface area contributed by atoms with Crippen LogP contribution in [0, 0.1) is 11.3 Å². The molecule has 4 nitrogen and oxygen atoms in total. The Kier molecular flexibility index (Phi) is 4.78. The highest BCUT2D eigenvalue weighted by molar-refractivity contribution is 9.10. The molecule has 0 spiro atoms.